The van der Waals surface area contributed by atoms with Crippen LogP contribution in [0, 0.1) is 17.8 Å². The third-order valence-electron chi connectivity index (χ3n) is 11.8. The van der Waals surface area contributed by atoms with Gasteiger partial charge < -0.3 is 34.0 Å². The molecule has 1 aliphatic heterocycles. The maximum absolute atomic E-state index is 14.3. The summed E-state index contributed by atoms with van der Waals surface area (Å²) in [4.78, 5) is 23.4. The molecule has 60 heavy (non-hydrogen) atoms. The van der Waals surface area contributed by atoms with Gasteiger partial charge in [0.25, 0.3) is 0 Å². The zero-order valence-corrected chi connectivity index (χ0v) is 36.0. The molecule has 0 aromatic heterocycles. The van der Waals surface area contributed by atoms with Gasteiger partial charge in [0.2, 0.25) is 5.79 Å². The summed E-state index contributed by atoms with van der Waals surface area (Å²) < 4.78 is 26.8. The van der Waals surface area contributed by atoms with Crippen molar-refractivity contribution < 1.29 is 38.8 Å². The van der Waals surface area contributed by atoms with Gasteiger partial charge in [-0.15, -0.1) is 24.9 Å². The highest BCUT2D eigenvalue weighted by Gasteiger charge is 2.65. The number of carbonyl (C=O) groups is 1. The van der Waals surface area contributed by atoms with Crippen LogP contribution < -0.4 is 9.47 Å². The molecule has 0 radical (unpaired) electrons. The van der Waals surface area contributed by atoms with Crippen LogP contribution >= 0.6 is 11.8 Å². The molecule has 3 aliphatic rings. The molecule has 322 valence electrons. The fraction of sp³-hybridized carbons (Fsp3) is 0.469. The number of ether oxygens (including phenoxy) is 4. The first-order valence-corrected chi connectivity index (χ1v) is 22.7. The van der Waals surface area contributed by atoms with Crippen molar-refractivity contribution in [1.29, 1.82) is 0 Å². The van der Waals surface area contributed by atoms with Gasteiger partial charge in [-0.3, -0.25) is 4.90 Å². The molecule has 2 aliphatic carbocycles. The first-order valence-electron chi connectivity index (χ1n) is 21.5. The van der Waals surface area contributed by atoms with E-state index in [1.54, 1.807) is 28.8 Å². The Balaban J connectivity index is 1.56. The van der Waals surface area contributed by atoms with Gasteiger partial charge in [0.05, 0.1) is 24.8 Å². The highest BCUT2D eigenvalue weighted by molar-refractivity contribution is 7.98. The number of thioether (sulfide) groups is 1. The number of aliphatic hydroxyl groups excluding tert-OH is 2. The van der Waals surface area contributed by atoms with Gasteiger partial charge in [-0.05, 0) is 110 Å². The fourth-order valence-electron chi connectivity index (χ4n) is 9.18. The van der Waals surface area contributed by atoms with Gasteiger partial charge >= 0.3 is 6.09 Å². The number of carbonyl (C=O) groups excluding carboxylic acids is 1. The second-order valence-corrected chi connectivity index (χ2v) is 16.6. The van der Waals surface area contributed by atoms with Crippen LogP contribution in [0.4, 0.5) is 4.79 Å². The topological polar surface area (TPSA) is 119 Å². The van der Waals surface area contributed by atoms with Crippen LogP contribution in [-0.4, -0.2) is 78.0 Å². The molecule has 0 saturated heterocycles. The molecule has 1 fully saturated rings. The lowest BCUT2D eigenvalue weighted by molar-refractivity contribution is -0.255. The normalized spacial score (nSPS) is 23.4. The highest BCUT2D eigenvalue weighted by atomic mass is 32.2. The van der Waals surface area contributed by atoms with E-state index in [-0.39, 0.29) is 50.8 Å². The van der Waals surface area contributed by atoms with Crippen LogP contribution in [0.25, 0.3) is 0 Å². The third kappa shape index (κ3) is 10.5. The van der Waals surface area contributed by atoms with Gasteiger partial charge in [-0.25, -0.2) is 4.79 Å². The molecule has 10 nitrogen and oxygen atoms in total. The molecule has 0 spiro atoms. The Hall–Kier alpha value is -4.55. The van der Waals surface area contributed by atoms with Crippen molar-refractivity contribution in [3.8, 4) is 17.2 Å². The van der Waals surface area contributed by atoms with Crippen LogP contribution in [0.1, 0.15) is 81.8 Å². The van der Waals surface area contributed by atoms with E-state index in [1.807, 2.05) is 79.9 Å². The van der Waals surface area contributed by atoms with E-state index in [9.17, 15) is 15.0 Å². The van der Waals surface area contributed by atoms with Crippen molar-refractivity contribution >= 4 is 23.6 Å². The maximum Gasteiger partial charge on any atom is 0.410 e. The zero-order valence-electron chi connectivity index (χ0n) is 35.2. The van der Waals surface area contributed by atoms with E-state index in [4.69, 9.17) is 28.9 Å². The predicted octanol–water partition coefficient (Wildman–Crippen LogP) is 10.5. The second-order valence-electron chi connectivity index (χ2n) is 15.7. The smallest absolute Gasteiger partial charge is 0.410 e. The lowest BCUT2D eigenvalue weighted by Gasteiger charge is -2.59. The summed E-state index contributed by atoms with van der Waals surface area (Å²) in [5.74, 6) is 0.268. The number of fused-ring (bicyclic) bond motifs is 2. The molecule has 0 unspecified atom stereocenters. The molecule has 1 saturated carbocycles. The number of aliphatic hydroxyl groups is 2. The molecule has 6 rings (SSSR count). The number of nitrogens with zero attached hydrogens (tertiary/aromatic N) is 2. The van der Waals surface area contributed by atoms with Crippen LogP contribution in [0.2, 0.25) is 0 Å². The van der Waals surface area contributed by atoms with Crippen LogP contribution in [0.15, 0.2) is 120 Å². The summed E-state index contributed by atoms with van der Waals surface area (Å²) in [7, 11) is 0. The maximum atomic E-state index is 14.3. The number of allylic oxidation sites excluding steroid dienone is 1. The summed E-state index contributed by atoms with van der Waals surface area (Å²) in [6.45, 7) is 11.2. The molecule has 3 aromatic rings. The Kier molecular flexibility index (Phi) is 16.7. The van der Waals surface area contributed by atoms with Crippen molar-refractivity contribution in [3.63, 3.8) is 0 Å². The van der Waals surface area contributed by atoms with Gasteiger partial charge in [-0.2, -0.15) is 0 Å². The minimum Gasteiger partial charge on any atom is -0.459 e. The summed E-state index contributed by atoms with van der Waals surface area (Å²) in [6, 6.07) is 23.3. The molecule has 2 N–H and O–H groups in total. The monoisotopic (exact) mass is 838 g/mol. The average Bonchev–Trinajstić information content (AvgIpc) is 3.27. The fourth-order valence-corrected chi connectivity index (χ4v) is 9.59. The van der Waals surface area contributed by atoms with Crippen molar-refractivity contribution in [3.05, 3.63) is 121 Å². The molecule has 6 atom stereocenters. The number of unbranched alkanes of at least 4 members (excludes halogenated alkanes) is 2. The average molecular weight is 839 g/mol. The van der Waals surface area contributed by atoms with Gasteiger partial charge in [-0.1, -0.05) is 73.5 Å². The standard InChI is InChI=1S/C49H62N2O8S/c1-5-8-30-55-48(54)51(26-6-2)45-33-43(50-57-34-35-16-10-9-11-17-35)41-31-36(18-12-14-27-52)40(19-13-15-28-53)46-42-32-38(58-37-20-23-39(60-4)24-21-37)22-25-44(42)59-49(45,47(41)46)56-29-7-3/h5,7,9-11,16-17,20-25,31-32,36,40,45-47,52-53H,1,3,6,8,12-15,18-19,26-30,33-34H2,2,4H3/t36-,40+,45-,46+,47+,49+/m0/s1. The van der Waals surface area contributed by atoms with Crippen molar-refractivity contribution in [2.45, 2.75) is 94.0 Å². The minimum absolute atomic E-state index is 0.0823. The third-order valence-corrected chi connectivity index (χ3v) is 12.6. The number of rotatable bonds is 23. The van der Waals surface area contributed by atoms with Crippen LogP contribution in [0.5, 0.6) is 17.2 Å². The molecule has 1 heterocycles. The number of oxime groups is 1. The zero-order chi connectivity index (χ0) is 42.3. The van der Waals surface area contributed by atoms with E-state index >= 15 is 0 Å². The highest BCUT2D eigenvalue weighted by Crippen LogP contribution is 2.62. The van der Waals surface area contributed by atoms with Gasteiger partial charge in [0.15, 0.2) is 0 Å². The summed E-state index contributed by atoms with van der Waals surface area (Å²) in [6.07, 6.45) is 13.6. The second kappa shape index (κ2) is 22.3. The summed E-state index contributed by atoms with van der Waals surface area (Å²) in [5.41, 5.74) is 3.69. The Labute approximate surface area is 360 Å². The molecular weight excluding hydrogens is 777 g/mol. The Morgan fingerprint density at radius 2 is 1.73 bits per heavy atom. The van der Waals surface area contributed by atoms with Crippen molar-refractivity contribution in [2.24, 2.45) is 22.9 Å². The number of hydrogen-bond acceptors (Lipinski definition) is 10. The number of amides is 1. The first kappa shape index (κ1) is 45.0. The van der Waals surface area contributed by atoms with E-state index in [0.29, 0.717) is 50.1 Å². The lowest BCUT2D eigenvalue weighted by atomic mass is 9.55. The van der Waals surface area contributed by atoms with E-state index in [1.165, 1.54) is 0 Å². The summed E-state index contributed by atoms with van der Waals surface area (Å²) >= 11 is 1.68. The van der Waals surface area contributed by atoms with E-state index < -0.39 is 23.8 Å². The minimum atomic E-state index is -1.37. The number of benzene rings is 3. The molecule has 3 aromatic carbocycles. The lowest BCUT2D eigenvalue weighted by Crippen LogP contribution is -2.70. The van der Waals surface area contributed by atoms with Crippen molar-refractivity contribution in [2.75, 3.05) is 39.2 Å². The molecule has 0 bridgehead atoms. The van der Waals surface area contributed by atoms with E-state index in [2.05, 4.69) is 25.3 Å². The Morgan fingerprint density at radius 3 is 2.43 bits per heavy atom. The SMILES string of the molecule is C=CCCOC(=O)N(CCC)[C@H]1CC(=NOCc2ccccc2)C2=C[C@H](CCCCO)[C@@H](CCCCO)[C@@H]3c4cc(Oc5ccc(SC)cc5)ccc4O[C@@]1(OCC=C)[C@H]23. The predicted molar refractivity (Wildman–Crippen MR) is 238 cm³/mol. The molecule has 1 amide bonds. The van der Waals surface area contributed by atoms with Crippen LogP contribution in [0.3, 0.4) is 0 Å². The van der Waals surface area contributed by atoms with E-state index in [0.717, 1.165) is 58.7 Å². The number of hydrogen-bond donors (Lipinski definition) is 2. The molecule has 11 heteroatoms. The van der Waals surface area contributed by atoms with Gasteiger partial charge in [0, 0.05) is 42.6 Å². The first-order chi connectivity index (χ1) is 29.4. The largest absolute Gasteiger partial charge is 0.459 e. The summed E-state index contributed by atoms with van der Waals surface area (Å²) in [5, 5.41) is 24.8. The Morgan fingerprint density at radius 1 is 0.983 bits per heavy atom. The quantitative estimate of drug-likeness (QED) is 0.0416. The Bertz CT molecular complexity index is 1920. The van der Waals surface area contributed by atoms with Crippen molar-refractivity contribution in [1.82, 2.24) is 4.90 Å². The van der Waals surface area contributed by atoms with Gasteiger partial charge in [0.1, 0.15) is 29.9 Å². The molecular formula is C49H62N2O8S. The van der Waals surface area contributed by atoms with Crippen LogP contribution in [-0.2, 0) is 20.9 Å².